The van der Waals surface area contributed by atoms with Crippen molar-refractivity contribution in [1.82, 2.24) is 14.5 Å². The van der Waals surface area contributed by atoms with E-state index in [0.717, 1.165) is 11.1 Å². The zero-order chi connectivity index (χ0) is 24.6. The van der Waals surface area contributed by atoms with Crippen molar-refractivity contribution >= 4 is 38.2 Å². The number of sulfonamides is 1. The van der Waals surface area contributed by atoms with Crippen LogP contribution >= 0.6 is 0 Å². The summed E-state index contributed by atoms with van der Waals surface area (Å²) in [5.41, 5.74) is 7.89. The average Bonchev–Trinajstić information content (AvgIpc) is 2.79. The highest BCUT2D eigenvalue weighted by Crippen LogP contribution is 2.39. The molecule has 0 atom stereocenters. The van der Waals surface area contributed by atoms with Crippen molar-refractivity contribution in [3.63, 3.8) is 0 Å². The van der Waals surface area contributed by atoms with Crippen molar-refractivity contribution in [2.45, 2.75) is 25.7 Å². The van der Waals surface area contributed by atoms with Gasteiger partial charge in [0.2, 0.25) is 10.0 Å². The first-order chi connectivity index (χ1) is 16.1. The summed E-state index contributed by atoms with van der Waals surface area (Å²) in [5, 5.41) is 11.6. The molecular formula is C23H26FN5O4S. The lowest BCUT2D eigenvalue weighted by molar-refractivity contribution is 0.0995. The molecule has 3 N–H and O–H groups in total. The number of amides is 1. The summed E-state index contributed by atoms with van der Waals surface area (Å²) in [6.45, 7) is 2.57. The molecule has 34 heavy (non-hydrogen) atoms. The van der Waals surface area contributed by atoms with Gasteiger partial charge < -0.3 is 15.8 Å². The van der Waals surface area contributed by atoms with E-state index >= 15 is 0 Å². The second-order valence-corrected chi connectivity index (χ2v) is 10.4. The van der Waals surface area contributed by atoms with E-state index in [1.807, 2.05) is 6.07 Å². The molecule has 2 heterocycles. The lowest BCUT2D eigenvalue weighted by Crippen LogP contribution is -2.37. The number of rotatable bonds is 6. The lowest BCUT2D eigenvalue weighted by atomic mass is 9.88. The number of nitrogens with two attached hydrogens (primary N) is 1. The molecule has 1 fully saturated rings. The summed E-state index contributed by atoms with van der Waals surface area (Å²) in [6, 6.07) is 8.25. The highest BCUT2D eigenvalue weighted by Gasteiger charge is 2.28. The Hall–Kier alpha value is -3.31. The van der Waals surface area contributed by atoms with Crippen molar-refractivity contribution in [2.75, 3.05) is 31.8 Å². The summed E-state index contributed by atoms with van der Waals surface area (Å²) >= 11 is 0. The van der Waals surface area contributed by atoms with Crippen molar-refractivity contribution in [2.24, 2.45) is 5.73 Å². The summed E-state index contributed by atoms with van der Waals surface area (Å²) in [5.74, 6) is -0.684. The van der Waals surface area contributed by atoms with E-state index in [0.29, 0.717) is 42.6 Å². The molecule has 0 aliphatic carbocycles. The van der Waals surface area contributed by atoms with Gasteiger partial charge in [0.25, 0.3) is 5.91 Å². The van der Waals surface area contributed by atoms with Crippen LogP contribution in [0.15, 0.2) is 30.3 Å². The SMILES string of the molecule is COc1cc2nnc(C(N)=O)c(Nc3ccc(C)cc3F)c2cc1C1CCN(S(C)(=O)=O)CC1. The molecule has 0 saturated carbocycles. The Morgan fingerprint density at radius 1 is 1.21 bits per heavy atom. The number of aromatic nitrogens is 2. The van der Waals surface area contributed by atoms with Crippen molar-refractivity contribution in [1.29, 1.82) is 0 Å². The molecule has 1 amide bonds. The van der Waals surface area contributed by atoms with E-state index in [4.69, 9.17) is 10.5 Å². The number of hydrogen-bond donors (Lipinski definition) is 2. The molecular weight excluding hydrogens is 461 g/mol. The number of nitrogens with one attached hydrogen (secondary N) is 1. The highest BCUT2D eigenvalue weighted by atomic mass is 32.2. The number of piperidine rings is 1. The fourth-order valence-corrected chi connectivity index (χ4v) is 5.17. The molecule has 9 nitrogen and oxygen atoms in total. The van der Waals surface area contributed by atoms with Gasteiger partial charge in [0.05, 0.1) is 30.3 Å². The second kappa shape index (κ2) is 9.15. The number of aryl methyl sites for hydroxylation is 1. The van der Waals surface area contributed by atoms with Gasteiger partial charge in [0, 0.05) is 24.5 Å². The number of fused-ring (bicyclic) bond motifs is 1. The molecule has 1 aliphatic rings. The van der Waals surface area contributed by atoms with Gasteiger partial charge in [0.1, 0.15) is 11.6 Å². The average molecular weight is 488 g/mol. The molecule has 0 radical (unpaired) electrons. The summed E-state index contributed by atoms with van der Waals surface area (Å²) < 4.78 is 45.5. The minimum absolute atomic E-state index is 0.0199. The Morgan fingerprint density at radius 2 is 1.91 bits per heavy atom. The van der Waals surface area contributed by atoms with Crippen LogP contribution in [-0.2, 0) is 10.0 Å². The molecule has 11 heteroatoms. The quantitative estimate of drug-likeness (QED) is 0.547. The van der Waals surface area contributed by atoms with Gasteiger partial charge in [-0.25, -0.2) is 17.1 Å². The fraction of sp³-hybridized carbons (Fsp3) is 0.348. The van der Waals surface area contributed by atoms with Crippen LogP contribution in [0.1, 0.15) is 40.4 Å². The maximum atomic E-state index is 14.6. The molecule has 1 aliphatic heterocycles. The fourth-order valence-electron chi connectivity index (χ4n) is 4.30. The Bertz CT molecular complexity index is 1370. The Kier molecular flexibility index (Phi) is 6.41. The number of nitrogens with zero attached hydrogens (tertiary/aromatic N) is 3. The van der Waals surface area contributed by atoms with Crippen LogP contribution in [0.4, 0.5) is 15.8 Å². The molecule has 2 aromatic carbocycles. The number of carbonyl (C=O) groups excluding carboxylic acids is 1. The zero-order valence-corrected chi connectivity index (χ0v) is 19.9. The first-order valence-corrected chi connectivity index (χ1v) is 12.6. The van der Waals surface area contributed by atoms with E-state index in [2.05, 4.69) is 15.5 Å². The first kappa shape index (κ1) is 23.8. The van der Waals surface area contributed by atoms with E-state index in [1.165, 1.54) is 16.6 Å². The summed E-state index contributed by atoms with van der Waals surface area (Å²) in [6.07, 6.45) is 2.41. The minimum atomic E-state index is -3.26. The normalized spacial score (nSPS) is 15.4. The lowest BCUT2D eigenvalue weighted by Gasteiger charge is -2.31. The van der Waals surface area contributed by atoms with E-state index in [9.17, 15) is 17.6 Å². The third kappa shape index (κ3) is 4.66. The number of anilines is 2. The van der Waals surface area contributed by atoms with Crippen LogP contribution in [0.5, 0.6) is 5.75 Å². The van der Waals surface area contributed by atoms with Gasteiger partial charge in [0.15, 0.2) is 5.69 Å². The van der Waals surface area contributed by atoms with Gasteiger partial charge in [-0.3, -0.25) is 4.79 Å². The van der Waals surface area contributed by atoms with E-state index < -0.39 is 21.7 Å². The van der Waals surface area contributed by atoms with Crippen LogP contribution in [0, 0.1) is 12.7 Å². The summed E-state index contributed by atoms with van der Waals surface area (Å²) in [4.78, 5) is 12.1. The van der Waals surface area contributed by atoms with Crippen molar-refractivity contribution in [3.8, 4) is 5.75 Å². The molecule has 4 rings (SSSR count). The van der Waals surface area contributed by atoms with Crippen LogP contribution < -0.4 is 15.8 Å². The molecule has 0 unspecified atom stereocenters. The Labute approximate surface area is 197 Å². The summed E-state index contributed by atoms with van der Waals surface area (Å²) in [7, 11) is -1.71. The number of hydrogen-bond acceptors (Lipinski definition) is 7. The number of ether oxygens (including phenoxy) is 1. The van der Waals surface area contributed by atoms with Crippen LogP contribution in [0.2, 0.25) is 0 Å². The van der Waals surface area contributed by atoms with Gasteiger partial charge in [-0.15, -0.1) is 10.2 Å². The van der Waals surface area contributed by atoms with Gasteiger partial charge in [-0.2, -0.15) is 0 Å². The molecule has 0 bridgehead atoms. The standard InChI is InChI=1S/C23H26FN5O4S/c1-13-4-5-18(17(24)10-13)26-21-16-11-15(14-6-8-29(9-7-14)34(3,31)32)20(33-2)12-19(16)27-28-22(21)23(25)30/h4-5,10-12,14H,6-9H2,1-3H3,(H2,25,30)(H,26,27). The largest absolute Gasteiger partial charge is 0.496 e. The van der Waals surface area contributed by atoms with E-state index in [1.54, 1.807) is 32.2 Å². The third-order valence-corrected chi connectivity index (χ3v) is 7.40. The van der Waals surface area contributed by atoms with Crippen LogP contribution in [-0.4, -0.2) is 55.3 Å². The minimum Gasteiger partial charge on any atom is -0.496 e. The third-order valence-electron chi connectivity index (χ3n) is 6.09. The smallest absolute Gasteiger partial charge is 0.271 e. The van der Waals surface area contributed by atoms with Gasteiger partial charge in [-0.1, -0.05) is 6.07 Å². The maximum absolute atomic E-state index is 14.6. The predicted octanol–water partition coefficient (Wildman–Crippen LogP) is 3.07. The van der Waals surface area contributed by atoms with E-state index in [-0.39, 0.29) is 23.0 Å². The predicted molar refractivity (Wildman–Crippen MR) is 127 cm³/mol. The topological polar surface area (TPSA) is 128 Å². The zero-order valence-electron chi connectivity index (χ0n) is 19.1. The molecule has 0 spiro atoms. The van der Waals surface area contributed by atoms with Gasteiger partial charge >= 0.3 is 0 Å². The molecule has 1 saturated heterocycles. The number of halogens is 1. The number of primary amides is 1. The van der Waals surface area contributed by atoms with Crippen molar-refractivity contribution in [3.05, 3.63) is 53.0 Å². The Morgan fingerprint density at radius 3 is 2.50 bits per heavy atom. The van der Waals surface area contributed by atoms with Crippen LogP contribution in [0.3, 0.4) is 0 Å². The maximum Gasteiger partial charge on any atom is 0.271 e. The number of methoxy groups -OCH3 is 1. The monoisotopic (exact) mass is 487 g/mol. The first-order valence-electron chi connectivity index (χ1n) is 10.7. The molecule has 3 aromatic rings. The highest BCUT2D eigenvalue weighted by molar-refractivity contribution is 7.88. The number of benzene rings is 2. The van der Waals surface area contributed by atoms with Crippen molar-refractivity contribution < 1.29 is 22.3 Å². The Balaban J connectivity index is 1.82. The van der Waals surface area contributed by atoms with Crippen LogP contribution in [0.25, 0.3) is 10.9 Å². The number of carbonyl (C=O) groups is 1. The second-order valence-electron chi connectivity index (χ2n) is 8.44. The molecule has 1 aromatic heterocycles. The van der Waals surface area contributed by atoms with Gasteiger partial charge in [-0.05, 0) is 55.0 Å². The molecule has 180 valence electrons.